The average molecular weight is 306 g/mol. The second-order valence-electron chi connectivity index (χ2n) is 6.42. The highest BCUT2D eigenvalue weighted by molar-refractivity contribution is 7.87. The van der Waals surface area contributed by atoms with E-state index in [4.69, 9.17) is 4.74 Å². The monoisotopic (exact) mass is 306 g/mol. The van der Waals surface area contributed by atoms with Crippen LogP contribution >= 0.6 is 0 Å². The zero-order chi connectivity index (χ0) is 14.8. The Morgan fingerprint density at radius 1 is 1.25 bits per heavy atom. The minimum atomic E-state index is -3.55. The molecule has 0 aliphatic carbocycles. The van der Waals surface area contributed by atoms with Crippen molar-refractivity contribution < 1.29 is 18.3 Å². The van der Waals surface area contributed by atoms with Gasteiger partial charge in [0.25, 0.3) is 10.2 Å². The molecule has 7 heteroatoms. The number of piperidine rings is 1. The van der Waals surface area contributed by atoms with Crippen molar-refractivity contribution in [2.45, 2.75) is 38.6 Å². The van der Waals surface area contributed by atoms with E-state index in [0.29, 0.717) is 51.0 Å². The normalized spacial score (nSPS) is 32.1. The predicted molar refractivity (Wildman–Crippen MR) is 76.4 cm³/mol. The van der Waals surface area contributed by atoms with E-state index in [1.165, 1.54) is 4.31 Å². The largest absolute Gasteiger partial charge is 0.394 e. The van der Waals surface area contributed by atoms with Crippen molar-refractivity contribution in [3.05, 3.63) is 0 Å². The van der Waals surface area contributed by atoms with Gasteiger partial charge in [-0.15, -0.1) is 0 Å². The van der Waals surface area contributed by atoms with Crippen LogP contribution in [0.2, 0.25) is 0 Å². The van der Waals surface area contributed by atoms with Gasteiger partial charge in [0, 0.05) is 26.3 Å². The predicted octanol–water partition coefficient (Wildman–Crippen LogP) is 0.340. The van der Waals surface area contributed by atoms with Gasteiger partial charge >= 0.3 is 0 Å². The lowest BCUT2D eigenvalue weighted by atomic mass is 9.93. The van der Waals surface area contributed by atoms with E-state index < -0.39 is 15.7 Å². The summed E-state index contributed by atoms with van der Waals surface area (Å²) < 4.78 is 34.7. The van der Waals surface area contributed by atoms with Gasteiger partial charge in [-0.2, -0.15) is 17.4 Å². The van der Waals surface area contributed by atoms with Crippen LogP contribution in [0.3, 0.4) is 0 Å². The molecule has 0 aromatic rings. The number of ether oxygens (including phenoxy) is 1. The molecule has 0 aromatic heterocycles. The molecule has 0 spiro atoms. The first-order chi connectivity index (χ1) is 9.37. The molecule has 2 heterocycles. The number of rotatable bonds is 4. The number of hydrogen-bond acceptors (Lipinski definition) is 4. The van der Waals surface area contributed by atoms with E-state index in [-0.39, 0.29) is 6.61 Å². The molecule has 2 rings (SSSR count). The van der Waals surface area contributed by atoms with E-state index in [9.17, 15) is 13.5 Å². The van der Waals surface area contributed by atoms with Crippen LogP contribution in [0.1, 0.15) is 33.1 Å². The Balaban J connectivity index is 2.09. The molecular weight excluding hydrogens is 280 g/mol. The summed E-state index contributed by atoms with van der Waals surface area (Å²) in [6, 6.07) is 0. The van der Waals surface area contributed by atoms with Crippen molar-refractivity contribution in [2.24, 2.45) is 11.8 Å². The molecule has 2 atom stereocenters. The molecule has 0 saturated carbocycles. The molecule has 6 nitrogen and oxygen atoms in total. The molecule has 0 radical (unpaired) electrons. The molecule has 0 aromatic carbocycles. The first-order valence-electron chi connectivity index (χ1n) is 7.34. The van der Waals surface area contributed by atoms with Gasteiger partial charge in [-0.3, -0.25) is 0 Å². The maximum Gasteiger partial charge on any atom is 0.280 e. The second kappa shape index (κ2) is 6.27. The Morgan fingerprint density at radius 3 is 2.30 bits per heavy atom. The average Bonchev–Trinajstić information content (AvgIpc) is 2.38. The van der Waals surface area contributed by atoms with Crippen molar-refractivity contribution in [1.29, 1.82) is 0 Å². The van der Waals surface area contributed by atoms with Crippen LogP contribution in [0.4, 0.5) is 0 Å². The zero-order valence-corrected chi connectivity index (χ0v) is 13.2. The third-order valence-corrected chi connectivity index (χ3v) is 5.94. The molecular formula is C13H26N2O4S. The maximum absolute atomic E-state index is 12.6. The van der Waals surface area contributed by atoms with Gasteiger partial charge in [0.05, 0.1) is 12.1 Å². The van der Waals surface area contributed by atoms with E-state index in [2.05, 4.69) is 18.6 Å². The smallest absolute Gasteiger partial charge is 0.280 e. The number of aliphatic hydroxyl groups is 1. The lowest BCUT2D eigenvalue weighted by Gasteiger charge is -2.40. The first kappa shape index (κ1) is 16.2. The number of nitrogens with one attached hydrogen (secondary N) is 1. The summed E-state index contributed by atoms with van der Waals surface area (Å²) in [5, 5.41) is 9.61. The van der Waals surface area contributed by atoms with Gasteiger partial charge in [0.15, 0.2) is 0 Å². The quantitative estimate of drug-likeness (QED) is 0.785. The fraction of sp³-hybridized carbons (Fsp3) is 1.00. The van der Waals surface area contributed by atoms with Crippen molar-refractivity contribution in [3.63, 3.8) is 0 Å². The lowest BCUT2D eigenvalue weighted by molar-refractivity contribution is 0.0212. The van der Waals surface area contributed by atoms with Gasteiger partial charge in [-0.05, 0) is 31.1 Å². The molecule has 2 fully saturated rings. The Morgan fingerprint density at radius 2 is 1.80 bits per heavy atom. The second-order valence-corrected chi connectivity index (χ2v) is 8.09. The molecule has 20 heavy (non-hydrogen) atoms. The van der Waals surface area contributed by atoms with Gasteiger partial charge < -0.3 is 9.84 Å². The molecule has 2 N–H and O–H groups in total. The van der Waals surface area contributed by atoms with Crippen molar-refractivity contribution in [2.75, 3.05) is 32.9 Å². The Labute approximate surface area is 121 Å². The summed E-state index contributed by atoms with van der Waals surface area (Å²) in [7, 11) is -3.55. The van der Waals surface area contributed by atoms with Crippen LogP contribution in [0.25, 0.3) is 0 Å². The first-order valence-corrected chi connectivity index (χ1v) is 8.78. The van der Waals surface area contributed by atoms with Crippen LogP contribution < -0.4 is 4.72 Å². The van der Waals surface area contributed by atoms with E-state index >= 15 is 0 Å². The van der Waals surface area contributed by atoms with Gasteiger partial charge in [0.2, 0.25) is 0 Å². The number of aliphatic hydroxyl groups excluding tert-OH is 1. The maximum atomic E-state index is 12.6. The molecule has 2 unspecified atom stereocenters. The van der Waals surface area contributed by atoms with Crippen LogP contribution in [-0.4, -0.2) is 56.3 Å². The fourth-order valence-corrected chi connectivity index (χ4v) is 5.04. The standard InChI is InChI=1S/C13H26N2O4S/c1-11-7-12(2)9-15(8-11)20(17,18)14-13(10-16)3-5-19-6-4-13/h11-12,14,16H,3-10H2,1-2H3. The van der Waals surface area contributed by atoms with Gasteiger partial charge in [0.1, 0.15) is 0 Å². The van der Waals surface area contributed by atoms with Gasteiger partial charge in [-0.1, -0.05) is 13.8 Å². The topological polar surface area (TPSA) is 78.9 Å². The summed E-state index contributed by atoms with van der Waals surface area (Å²) in [5.74, 6) is 0.741. The summed E-state index contributed by atoms with van der Waals surface area (Å²) in [6.45, 7) is 6.04. The highest BCUT2D eigenvalue weighted by atomic mass is 32.2. The van der Waals surface area contributed by atoms with Crippen LogP contribution in [0.15, 0.2) is 0 Å². The third kappa shape index (κ3) is 3.71. The van der Waals surface area contributed by atoms with Gasteiger partial charge in [-0.25, -0.2) is 0 Å². The number of nitrogens with zero attached hydrogens (tertiary/aromatic N) is 1. The van der Waals surface area contributed by atoms with Crippen molar-refractivity contribution >= 4 is 10.2 Å². The zero-order valence-electron chi connectivity index (χ0n) is 12.3. The molecule has 2 aliphatic rings. The molecule has 118 valence electrons. The molecule has 2 saturated heterocycles. The van der Waals surface area contributed by atoms with E-state index in [1.807, 2.05) is 0 Å². The lowest BCUT2D eigenvalue weighted by Crippen LogP contribution is -2.59. The minimum Gasteiger partial charge on any atom is -0.394 e. The van der Waals surface area contributed by atoms with E-state index in [0.717, 1.165) is 6.42 Å². The molecule has 2 aliphatic heterocycles. The fourth-order valence-electron chi connectivity index (χ4n) is 3.19. The Bertz CT molecular complexity index is 410. The number of hydrogen-bond donors (Lipinski definition) is 2. The summed E-state index contributed by atoms with van der Waals surface area (Å²) >= 11 is 0. The summed E-state index contributed by atoms with van der Waals surface area (Å²) in [4.78, 5) is 0. The third-order valence-electron chi connectivity index (χ3n) is 4.27. The SMILES string of the molecule is CC1CC(C)CN(S(=O)(=O)NC2(CO)CCOCC2)C1. The van der Waals surface area contributed by atoms with Crippen LogP contribution in [0, 0.1) is 11.8 Å². The van der Waals surface area contributed by atoms with Crippen molar-refractivity contribution in [3.8, 4) is 0 Å². The summed E-state index contributed by atoms with van der Waals surface area (Å²) in [5.41, 5.74) is -0.763. The highest BCUT2D eigenvalue weighted by Gasteiger charge is 2.39. The van der Waals surface area contributed by atoms with E-state index in [1.54, 1.807) is 0 Å². The molecule has 0 amide bonds. The summed E-state index contributed by atoms with van der Waals surface area (Å²) in [6.07, 6.45) is 2.09. The molecule has 0 bridgehead atoms. The van der Waals surface area contributed by atoms with Crippen molar-refractivity contribution in [1.82, 2.24) is 9.03 Å². The Hall–Kier alpha value is -0.210. The highest BCUT2D eigenvalue weighted by Crippen LogP contribution is 2.26. The van der Waals surface area contributed by atoms with Crippen LogP contribution in [-0.2, 0) is 14.9 Å². The Kier molecular flexibility index (Phi) is 5.07. The minimum absolute atomic E-state index is 0.186. The van der Waals surface area contributed by atoms with Crippen LogP contribution in [0.5, 0.6) is 0 Å².